The molecule has 0 unspecified atom stereocenters. The van der Waals surface area contributed by atoms with E-state index in [2.05, 4.69) is 10.8 Å². The van der Waals surface area contributed by atoms with Crippen LogP contribution in [0.25, 0.3) is 0 Å². The van der Waals surface area contributed by atoms with Gasteiger partial charge in [0.05, 0.1) is 36.8 Å². The number of hydroxylamine groups is 1. The van der Waals surface area contributed by atoms with Crippen LogP contribution in [0.1, 0.15) is 15.9 Å². The van der Waals surface area contributed by atoms with Gasteiger partial charge >= 0.3 is 0 Å². The maximum atomic E-state index is 14.2. The van der Waals surface area contributed by atoms with Crippen LogP contribution in [0.3, 0.4) is 0 Å². The van der Waals surface area contributed by atoms with E-state index in [1.165, 1.54) is 6.07 Å². The lowest BCUT2D eigenvalue weighted by Gasteiger charge is -2.17. The molecule has 0 atom stereocenters. The van der Waals surface area contributed by atoms with Crippen LogP contribution in [0.2, 0.25) is 5.02 Å². The Hall–Kier alpha value is -1.62. The van der Waals surface area contributed by atoms with Gasteiger partial charge in [-0.2, -0.15) is 0 Å². The Labute approximate surface area is 167 Å². The van der Waals surface area contributed by atoms with Crippen molar-refractivity contribution in [2.24, 2.45) is 0 Å². The molecule has 1 aliphatic rings. The number of aliphatic hydroxyl groups excluding tert-OH is 1. The summed E-state index contributed by atoms with van der Waals surface area (Å²) in [5.74, 6) is -0.561. The van der Waals surface area contributed by atoms with Crippen molar-refractivity contribution in [3.63, 3.8) is 0 Å². The van der Waals surface area contributed by atoms with Crippen molar-refractivity contribution >= 4 is 51.5 Å². The summed E-state index contributed by atoms with van der Waals surface area (Å²) in [6.07, 6.45) is 0.616. The van der Waals surface area contributed by atoms with Crippen molar-refractivity contribution in [2.75, 3.05) is 25.1 Å². The lowest BCUT2D eigenvalue weighted by atomic mass is 10.1. The molecule has 138 valence electrons. The second-order valence-electron chi connectivity index (χ2n) is 5.45. The molecule has 9 heteroatoms. The molecule has 2 aromatic carbocycles. The Morgan fingerprint density at radius 3 is 2.96 bits per heavy atom. The fourth-order valence-corrected chi connectivity index (χ4v) is 3.31. The maximum Gasteiger partial charge on any atom is 0.277 e. The van der Waals surface area contributed by atoms with Crippen molar-refractivity contribution in [1.29, 1.82) is 0 Å². The molecule has 2 aromatic rings. The summed E-state index contributed by atoms with van der Waals surface area (Å²) in [5.41, 5.74) is 3.61. The zero-order valence-corrected chi connectivity index (χ0v) is 16.4. The highest BCUT2D eigenvalue weighted by Crippen LogP contribution is 2.42. The molecular formula is C17H15ClFIN2O4. The van der Waals surface area contributed by atoms with Crippen LogP contribution >= 0.6 is 34.2 Å². The lowest BCUT2D eigenvalue weighted by molar-refractivity contribution is 0.0169. The highest BCUT2D eigenvalue weighted by molar-refractivity contribution is 14.1. The van der Waals surface area contributed by atoms with Crippen molar-refractivity contribution in [3.05, 3.63) is 49.8 Å². The number of rotatable bonds is 6. The van der Waals surface area contributed by atoms with E-state index in [4.69, 9.17) is 26.3 Å². The number of amides is 1. The molecule has 0 radical (unpaired) electrons. The summed E-state index contributed by atoms with van der Waals surface area (Å²) < 4.78 is 20.5. The molecule has 0 aliphatic carbocycles. The van der Waals surface area contributed by atoms with E-state index >= 15 is 0 Å². The summed E-state index contributed by atoms with van der Waals surface area (Å²) in [5, 5.41) is 11.8. The minimum absolute atomic E-state index is 0.0535. The van der Waals surface area contributed by atoms with Gasteiger partial charge in [-0.25, -0.2) is 9.87 Å². The molecule has 0 aromatic heterocycles. The van der Waals surface area contributed by atoms with Gasteiger partial charge in [-0.15, -0.1) is 0 Å². The van der Waals surface area contributed by atoms with E-state index in [0.717, 1.165) is 9.13 Å². The van der Waals surface area contributed by atoms with Gasteiger partial charge in [-0.05, 0) is 46.9 Å². The van der Waals surface area contributed by atoms with Crippen LogP contribution < -0.4 is 15.5 Å². The first-order chi connectivity index (χ1) is 12.5. The van der Waals surface area contributed by atoms with Gasteiger partial charge in [-0.1, -0.05) is 11.6 Å². The Morgan fingerprint density at radius 2 is 2.23 bits per heavy atom. The minimum atomic E-state index is -0.566. The molecule has 0 spiro atoms. The van der Waals surface area contributed by atoms with Crippen molar-refractivity contribution in [1.82, 2.24) is 5.48 Å². The SMILES string of the molecule is O=C(NOCCO)c1cc2c(c(Cl)c1Nc1ccc(I)cc1F)OCC2. The Morgan fingerprint density at radius 1 is 1.42 bits per heavy atom. The molecule has 1 aliphatic heterocycles. The average Bonchev–Trinajstić information content (AvgIpc) is 3.08. The first-order valence-corrected chi connectivity index (χ1v) is 9.20. The molecule has 3 rings (SSSR count). The molecule has 26 heavy (non-hydrogen) atoms. The van der Waals surface area contributed by atoms with E-state index in [1.807, 2.05) is 22.6 Å². The van der Waals surface area contributed by atoms with E-state index in [9.17, 15) is 9.18 Å². The summed E-state index contributed by atoms with van der Waals surface area (Å²) >= 11 is 8.43. The van der Waals surface area contributed by atoms with Crippen LogP contribution in [0.4, 0.5) is 15.8 Å². The predicted octanol–water partition coefficient (Wildman–Crippen LogP) is 3.42. The fourth-order valence-electron chi connectivity index (χ4n) is 2.53. The molecule has 0 bridgehead atoms. The quantitative estimate of drug-likeness (QED) is 0.327. The van der Waals surface area contributed by atoms with Crippen molar-refractivity contribution in [2.45, 2.75) is 6.42 Å². The summed E-state index contributed by atoms with van der Waals surface area (Å²) in [4.78, 5) is 17.3. The highest BCUT2D eigenvalue weighted by Gasteiger charge is 2.25. The first-order valence-electron chi connectivity index (χ1n) is 7.74. The van der Waals surface area contributed by atoms with Gasteiger partial charge in [0.2, 0.25) is 0 Å². The number of fused-ring (bicyclic) bond motifs is 1. The third-order valence-electron chi connectivity index (χ3n) is 3.71. The second kappa shape index (κ2) is 8.38. The second-order valence-corrected chi connectivity index (χ2v) is 7.08. The molecule has 0 saturated heterocycles. The normalized spacial score (nSPS) is 12.5. The number of aliphatic hydroxyl groups is 1. The number of nitrogens with one attached hydrogen (secondary N) is 2. The number of hydrogen-bond acceptors (Lipinski definition) is 5. The van der Waals surface area contributed by atoms with Gasteiger partial charge in [0.1, 0.15) is 16.6 Å². The van der Waals surface area contributed by atoms with Crippen molar-refractivity contribution in [3.8, 4) is 5.75 Å². The largest absolute Gasteiger partial charge is 0.491 e. The first kappa shape index (κ1) is 19.2. The van der Waals surface area contributed by atoms with Gasteiger partial charge < -0.3 is 15.2 Å². The molecular weight excluding hydrogens is 478 g/mol. The number of carbonyl (C=O) groups excluding carboxylic acids is 1. The van der Waals surface area contributed by atoms with E-state index in [1.54, 1.807) is 18.2 Å². The molecule has 0 fully saturated rings. The summed E-state index contributed by atoms with van der Waals surface area (Å²) in [7, 11) is 0. The third kappa shape index (κ3) is 4.03. The summed E-state index contributed by atoms with van der Waals surface area (Å²) in [6, 6.07) is 6.29. The fraction of sp³-hybridized carbons (Fsp3) is 0.235. The molecule has 6 nitrogen and oxygen atoms in total. The van der Waals surface area contributed by atoms with Gasteiger partial charge in [0.15, 0.2) is 0 Å². The zero-order chi connectivity index (χ0) is 18.7. The summed E-state index contributed by atoms with van der Waals surface area (Å²) in [6.45, 7) is 0.165. The maximum absolute atomic E-state index is 14.2. The molecule has 3 N–H and O–H groups in total. The third-order valence-corrected chi connectivity index (χ3v) is 4.74. The minimum Gasteiger partial charge on any atom is -0.491 e. The number of anilines is 2. The number of halogens is 3. The topological polar surface area (TPSA) is 79.8 Å². The zero-order valence-electron chi connectivity index (χ0n) is 13.4. The van der Waals surface area contributed by atoms with Crippen LogP contribution in [0.15, 0.2) is 24.3 Å². The molecule has 1 heterocycles. The standard InChI is InChI=1S/C17H15ClFIN2O4/c18-14-15(21-13-2-1-10(20)8-12(13)19)11(17(24)22-26-6-4-23)7-9-3-5-25-16(9)14/h1-2,7-8,21,23H,3-6H2,(H,22,24). The van der Waals surface area contributed by atoms with E-state index < -0.39 is 11.7 Å². The number of hydrogen-bond donors (Lipinski definition) is 3. The van der Waals surface area contributed by atoms with E-state index in [0.29, 0.717) is 18.8 Å². The van der Waals surface area contributed by atoms with Crippen LogP contribution in [0.5, 0.6) is 5.75 Å². The highest BCUT2D eigenvalue weighted by atomic mass is 127. The van der Waals surface area contributed by atoms with Crippen molar-refractivity contribution < 1.29 is 23.9 Å². The molecule has 1 amide bonds. The number of carbonyl (C=O) groups is 1. The lowest BCUT2D eigenvalue weighted by Crippen LogP contribution is -2.26. The Bertz CT molecular complexity index is 850. The van der Waals surface area contributed by atoms with Crippen LogP contribution in [0, 0.1) is 9.39 Å². The van der Waals surface area contributed by atoms with Crippen LogP contribution in [-0.4, -0.2) is 30.8 Å². The average molecular weight is 493 g/mol. The van der Waals surface area contributed by atoms with Gasteiger partial charge in [0, 0.05) is 15.6 Å². The number of ether oxygens (including phenoxy) is 1. The smallest absolute Gasteiger partial charge is 0.277 e. The van der Waals surface area contributed by atoms with Crippen LogP contribution in [-0.2, 0) is 11.3 Å². The van der Waals surface area contributed by atoms with Gasteiger partial charge in [0.25, 0.3) is 5.91 Å². The Kier molecular flexibility index (Phi) is 6.17. The van der Waals surface area contributed by atoms with E-state index in [-0.39, 0.29) is 35.2 Å². The predicted molar refractivity (Wildman–Crippen MR) is 104 cm³/mol. The molecule has 0 saturated carbocycles. The Balaban J connectivity index is 2.00. The monoisotopic (exact) mass is 492 g/mol. The van der Waals surface area contributed by atoms with Gasteiger partial charge in [-0.3, -0.25) is 9.63 Å². The number of benzene rings is 2.